The molecule has 0 amide bonds. The highest BCUT2D eigenvalue weighted by Crippen LogP contribution is 2.42. The van der Waals surface area contributed by atoms with Gasteiger partial charge in [0.1, 0.15) is 0 Å². The van der Waals surface area contributed by atoms with Crippen LogP contribution >= 0.6 is 11.8 Å². The van der Waals surface area contributed by atoms with Gasteiger partial charge >= 0.3 is 5.97 Å². The molecule has 1 fully saturated rings. The molecule has 29 heavy (non-hydrogen) atoms. The van der Waals surface area contributed by atoms with Gasteiger partial charge < -0.3 is 15.3 Å². The largest absolute Gasteiger partial charge is 0.481 e. The second-order valence-corrected chi connectivity index (χ2v) is 9.09. The number of aliphatic hydroxyl groups is 2. The van der Waals surface area contributed by atoms with Crippen LogP contribution in [0.2, 0.25) is 0 Å². The molecule has 1 aliphatic rings. The molecule has 1 aliphatic carbocycles. The van der Waals surface area contributed by atoms with Gasteiger partial charge in [-0.3, -0.25) is 4.79 Å². The third-order valence-corrected chi connectivity index (χ3v) is 6.76. The van der Waals surface area contributed by atoms with Gasteiger partial charge in [0.15, 0.2) is 0 Å². The van der Waals surface area contributed by atoms with Crippen molar-refractivity contribution < 1.29 is 20.1 Å². The number of unbranched alkanes of at least 4 members (excludes halogenated alkanes) is 3. The molecule has 0 saturated heterocycles. The predicted octanol–water partition coefficient (Wildman–Crippen LogP) is 5.31. The molecule has 0 heterocycles. The number of carbonyl (C=O) groups is 1. The summed E-state index contributed by atoms with van der Waals surface area (Å²) >= 11 is 1.38. The van der Waals surface area contributed by atoms with Gasteiger partial charge in [-0.2, -0.15) is 0 Å². The fourth-order valence-corrected chi connectivity index (χ4v) is 4.78. The van der Waals surface area contributed by atoms with Crippen LogP contribution in [0.25, 0.3) is 0 Å². The van der Waals surface area contributed by atoms with Crippen molar-refractivity contribution >= 4 is 17.7 Å². The summed E-state index contributed by atoms with van der Waals surface area (Å²) < 4.78 is 0. The molecule has 5 heteroatoms. The minimum Gasteiger partial charge on any atom is -0.481 e. The van der Waals surface area contributed by atoms with Gasteiger partial charge in [0.2, 0.25) is 0 Å². The Morgan fingerprint density at radius 1 is 1.17 bits per heavy atom. The van der Waals surface area contributed by atoms with Gasteiger partial charge in [-0.15, -0.1) is 11.8 Å². The number of carboxylic acids is 1. The molecule has 1 aromatic rings. The fourth-order valence-electron chi connectivity index (χ4n) is 4.21. The first-order valence-electron chi connectivity index (χ1n) is 10.9. The maximum atomic E-state index is 10.5. The van der Waals surface area contributed by atoms with Gasteiger partial charge in [0.05, 0.1) is 18.0 Å². The highest BCUT2D eigenvalue weighted by atomic mass is 32.2. The van der Waals surface area contributed by atoms with Crippen molar-refractivity contribution in [1.82, 2.24) is 0 Å². The van der Waals surface area contributed by atoms with Gasteiger partial charge in [-0.25, -0.2) is 0 Å². The van der Waals surface area contributed by atoms with E-state index < -0.39 is 12.1 Å². The standard InChI is InChI=1S/C24H36O4S/c1-2-3-4-5-9-22(25)19-12-10-18(11-13-19)20-14-15-23(26)21(20)8-6-7-16-29-17-24(27)28/h6-7,10-13,20-23,25-26H,2-5,8-9,14-17H2,1H3,(H,27,28)/b7-6-. The first-order chi connectivity index (χ1) is 14.0. The molecule has 4 unspecified atom stereocenters. The molecule has 0 bridgehead atoms. The molecule has 1 aromatic carbocycles. The van der Waals surface area contributed by atoms with Crippen molar-refractivity contribution in [3.8, 4) is 0 Å². The molecule has 4 atom stereocenters. The third-order valence-electron chi connectivity index (χ3n) is 5.88. The Labute approximate surface area is 179 Å². The van der Waals surface area contributed by atoms with E-state index in [-0.39, 0.29) is 17.8 Å². The van der Waals surface area contributed by atoms with E-state index in [0.717, 1.165) is 37.7 Å². The molecule has 2 rings (SSSR count). The maximum Gasteiger partial charge on any atom is 0.313 e. The molecular formula is C24H36O4S. The average Bonchev–Trinajstić information content (AvgIpc) is 3.08. The summed E-state index contributed by atoms with van der Waals surface area (Å²) in [4.78, 5) is 10.5. The van der Waals surface area contributed by atoms with Crippen molar-refractivity contribution in [2.45, 2.75) is 76.4 Å². The second-order valence-electron chi connectivity index (χ2n) is 8.06. The third kappa shape index (κ3) is 8.15. The second kappa shape index (κ2) is 13.1. The van der Waals surface area contributed by atoms with Crippen LogP contribution < -0.4 is 0 Å². The quantitative estimate of drug-likeness (QED) is 0.298. The zero-order valence-corrected chi connectivity index (χ0v) is 18.3. The van der Waals surface area contributed by atoms with Crippen LogP contribution in [0.1, 0.15) is 81.4 Å². The van der Waals surface area contributed by atoms with E-state index in [1.165, 1.54) is 36.6 Å². The van der Waals surface area contributed by atoms with Crippen LogP contribution in [0, 0.1) is 5.92 Å². The van der Waals surface area contributed by atoms with Crippen LogP contribution in [0.15, 0.2) is 36.4 Å². The minimum absolute atomic E-state index is 0.121. The Morgan fingerprint density at radius 3 is 2.62 bits per heavy atom. The monoisotopic (exact) mass is 420 g/mol. The molecular weight excluding hydrogens is 384 g/mol. The van der Waals surface area contributed by atoms with Gasteiger partial charge in [0.25, 0.3) is 0 Å². The summed E-state index contributed by atoms with van der Waals surface area (Å²) in [6, 6.07) is 8.32. The van der Waals surface area contributed by atoms with Crippen molar-refractivity contribution in [1.29, 1.82) is 0 Å². The summed E-state index contributed by atoms with van der Waals surface area (Å²) in [6.07, 6.45) is 11.5. The number of benzene rings is 1. The highest BCUT2D eigenvalue weighted by Gasteiger charge is 2.34. The molecule has 0 spiro atoms. The fraction of sp³-hybridized carbons (Fsp3) is 0.625. The van der Waals surface area contributed by atoms with E-state index >= 15 is 0 Å². The average molecular weight is 421 g/mol. The van der Waals surface area contributed by atoms with Crippen molar-refractivity contribution in [3.05, 3.63) is 47.5 Å². The number of hydrogen-bond acceptors (Lipinski definition) is 4. The number of hydrogen-bond donors (Lipinski definition) is 3. The van der Waals surface area contributed by atoms with Crippen molar-refractivity contribution in [3.63, 3.8) is 0 Å². The molecule has 162 valence electrons. The van der Waals surface area contributed by atoms with E-state index in [9.17, 15) is 15.0 Å². The summed E-state index contributed by atoms with van der Waals surface area (Å²) in [5.74, 6) is 0.544. The molecule has 0 radical (unpaired) electrons. The van der Waals surface area contributed by atoms with E-state index in [4.69, 9.17) is 5.11 Å². The van der Waals surface area contributed by atoms with E-state index in [2.05, 4.69) is 25.1 Å². The lowest BCUT2D eigenvalue weighted by Crippen LogP contribution is -2.17. The number of allylic oxidation sites excluding steroid dienone is 1. The Morgan fingerprint density at radius 2 is 1.93 bits per heavy atom. The van der Waals surface area contributed by atoms with E-state index in [0.29, 0.717) is 11.7 Å². The minimum atomic E-state index is -0.788. The Kier molecular flexibility index (Phi) is 10.8. The highest BCUT2D eigenvalue weighted by molar-refractivity contribution is 8.00. The Bertz CT molecular complexity index is 628. The van der Waals surface area contributed by atoms with Crippen LogP contribution in [0.3, 0.4) is 0 Å². The zero-order chi connectivity index (χ0) is 21.1. The summed E-state index contributed by atoms with van der Waals surface area (Å²) in [6.45, 7) is 2.19. The molecule has 3 N–H and O–H groups in total. The first-order valence-corrected chi connectivity index (χ1v) is 12.1. The van der Waals surface area contributed by atoms with E-state index in [1.807, 2.05) is 18.2 Å². The smallest absolute Gasteiger partial charge is 0.313 e. The summed E-state index contributed by atoms with van der Waals surface area (Å²) in [7, 11) is 0. The van der Waals surface area contributed by atoms with Gasteiger partial charge in [-0.1, -0.05) is 69.0 Å². The molecule has 0 aromatic heterocycles. The SMILES string of the molecule is CCCCCCC(O)c1ccc(C2CCC(O)C2C/C=C\CSCC(=O)O)cc1. The molecule has 4 nitrogen and oxygen atoms in total. The lowest BCUT2D eigenvalue weighted by molar-refractivity contribution is -0.133. The number of rotatable bonds is 13. The zero-order valence-electron chi connectivity index (χ0n) is 17.5. The van der Waals surface area contributed by atoms with Gasteiger partial charge in [-0.05, 0) is 48.6 Å². The summed E-state index contributed by atoms with van der Waals surface area (Å²) in [5, 5.41) is 29.5. The lowest BCUT2D eigenvalue weighted by atomic mass is 9.85. The number of thioether (sulfide) groups is 1. The number of aliphatic carboxylic acids is 1. The summed E-state index contributed by atoms with van der Waals surface area (Å²) in [5.41, 5.74) is 2.22. The lowest BCUT2D eigenvalue weighted by Gasteiger charge is -2.22. The van der Waals surface area contributed by atoms with Gasteiger partial charge in [0, 0.05) is 5.75 Å². The number of carboxylic acid groups (broad SMARTS) is 1. The Hall–Kier alpha value is -1.30. The van der Waals surface area contributed by atoms with Crippen molar-refractivity contribution in [2.75, 3.05) is 11.5 Å². The van der Waals surface area contributed by atoms with Crippen LogP contribution in [0.4, 0.5) is 0 Å². The van der Waals surface area contributed by atoms with Crippen LogP contribution in [-0.4, -0.2) is 38.9 Å². The number of aliphatic hydroxyl groups excluding tert-OH is 2. The maximum absolute atomic E-state index is 10.5. The molecule has 0 aliphatic heterocycles. The van der Waals surface area contributed by atoms with E-state index in [1.54, 1.807) is 0 Å². The Balaban J connectivity index is 1.87. The molecule has 1 saturated carbocycles. The van der Waals surface area contributed by atoms with Crippen LogP contribution in [0.5, 0.6) is 0 Å². The first kappa shape index (κ1) is 24.0. The van der Waals surface area contributed by atoms with Crippen molar-refractivity contribution in [2.24, 2.45) is 5.92 Å². The topological polar surface area (TPSA) is 77.8 Å². The normalized spacial score (nSPS) is 22.9. The predicted molar refractivity (Wildman–Crippen MR) is 120 cm³/mol. The van der Waals surface area contributed by atoms with Crippen LogP contribution in [-0.2, 0) is 4.79 Å².